The van der Waals surface area contributed by atoms with Crippen molar-refractivity contribution in [2.24, 2.45) is 0 Å². The smallest absolute Gasteiger partial charge is 0.415 e. The second-order valence-electron chi connectivity index (χ2n) is 6.27. The van der Waals surface area contributed by atoms with Crippen LogP contribution < -0.4 is 10.1 Å². The number of hydrogen-bond acceptors (Lipinski definition) is 4. The molecule has 1 fully saturated rings. The van der Waals surface area contributed by atoms with Gasteiger partial charge in [0.1, 0.15) is 12.4 Å². The number of nitrogens with zero attached hydrogens (tertiary/aromatic N) is 1. The molecule has 0 bridgehead atoms. The van der Waals surface area contributed by atoms with Crippen LogP contribution in [0.25, 0.3) is 0 Å². The van der Waals surface area contributed by atoms with Crippen molar-refractivity contribution in [3.8, 4) is 5.75 Å². The van der Waals surface area contributed by atoms with E-state index < -0.39 is 17.7 Å². The zero-order valence-electron chi connectivity index (χ0n) is 14.3. The van der Waals surface area contributed by atoms with Crippen LogP contribution in [0.15, 0.2) is 24.3 Å². The Balaban J connectivity index is 1.96. The number of amides is 1. The standard InChI is InChI=1S/C17H24F2N2O3/c1-4-9-23-14-7-5-13(6-8-14)10-24-15(22)21-16(2,18)11-20-12-17(21,3)19/h5-8,20H,4,9-12H2,1-3H3. The molecule has 1 aliphatic heterocycles. The number of carbonyl (C=O) groups excluding carboxylic acids is 1. The molecular weight excluding hydrogens is 318 g/mol. The number of alkyl halides is 2. The van der Waals surface area contributed by atoms with Gasteiger partial charge in [-0.05, 0) is 38.0 Å². The Labute approximate surface area is 140 Å². The summed E-state index contributed by atoms with van der Waals surface area (Å²) in [5.74, 6) is -3.59. The molecule has 1 aromatic rings. The molecule has 1 aromatic carbocycles. The highest BCUT2D eigenvalue weighted by Crippen LogP contribution is 2.32. The summed E-state index contributed by atoms with van der Waals surface area (Å²) in [6, 6.07) is 7.03. The number of halogens is 2. The van der Waals surface area contributed by atoms with E-state index >= 15 is 0 Å². The van der Waals surface area contributed by atoms with Gasteiger partial charge in [0.05, 0.1) is 6.61 Å². The fourth-order valence-electron chi connectivity index (χ4n) is 2.66. The van der Waals surface area contributed by atoms with Crippen LogP contribution in [0.5, 0.6) is 5.75 Å². The maximum Gasteiger partial charge on any atom is 0.415 e. The molecule has 0 aliphatic carbocycles. The monoisotopic (exact) mass is 342 g/mol. The Bertz CT molecular complexity index is 545. The Morgan fingerprint density at radius 3 is 2.33 bits per heavy atom. The van der Waals surface area contributed by atoms with E-state index in [9.17, 15) is 13.6 Å². The highest BCUT2D eigenvalue weighted by molar-refractivity contribution is 5.69. The number of benzene rings is 1. The molecule has 0 saturated carbocycles. The van der Waals surface area contributed by atoms with Crippen LogP contribution in [0.4, 0.5) is 13.6 Å². The van der Waals surface area contributed by atoms with E-state index in [0.717, 1.165) is 26.0 Å². The number of hydrogen-bond donors (Lipinski definition) is 1. The lowest BCUT2D eigenvalue weighted by Gasteiger charge is -2.46. The van der Waals surface area contributed by atoms with Gasteiger partial charge in [-0.15, -0.1) is 0 Å². The summed E-state index contributed by atoms with van der Waals surface area (Å²) in [5.41, 5.74) is 0.712. The Kier molecular flexibility index (Phi) is 5.64. The number of piperazine rings is 1. The van der Waals surface area contributed by atoms with E-state index in [0.29, 0.717) is 17.1 Å². The first-order chi connectivity index (χ1) is 11.3. The first-order valence-electron chi connectivity index (χ1n) is 8.03. The fourth-order valence-corrected chi connectivity index (χ4v) is 2.66. The maximum absolute atomic E-state index is 14.5. The minimum absolute atomic E-state index is 0.0665. The minimum atomic E-state index is -2.16. The Hall–Kier alpha value is -1.89. The van der Waals surface area contributed by atoms with E-state index in [4.69, 9.17) is 9.47 Å². The molecule has 0 spiro atoms. The summed E-state index contributed by atoms with van der Waals surface area (Å²) < 4.78 is 39.5. The highest BCUT2D eigenvalue weighted by Gasteiger charge is 2.51. The van der Waals surface area contributed by atoms with Crippen molar-refractivity contribution in [1.82, 2.24) is 10.2 Å². The Morgan fingerprint density at radius 1 is 1.21 bits per heavy atom. The minimum Gasteiger partial charge on any atom is -0.494 e. The summed E-state index contributed by atoms with van der Waals surface area (Å²) in [6.45, 7) is 4.58. The predicted octanol–water partition coefficient (Wildman–Crippen LogP) is 3.39. The van der Waals surface area contributed by atoms with Crippen molar-refractivity contribution in [2.75, 3.05) is 19.7 Å². The van der Waals surface area contributed by atoms with Gasteiger partial charge in [0.2, 0.25) is 0 Å². The van der Waals surface area contributed by atoms with Crippen LogP contribution in [0.2, 0.25) is 0 Å². The molecule has 2 atom stereocenters. The molecule has 2 rings (SSSR count). The molecule has 1 saturated heterocycles. The lowest BCUT2D eigenvalue weighted by molar-refractivity contribution is -0.144. The summed E-state index contributed by atoms with van der Waals surface area (Å²) >= 11 is 0. The zero-order valence-corrected chi connectivity index (χ0v) is 14.3. The number of ether oxygens (including phenoxy) is 2. The van der Waals surface area contributed by atoms with Crippen LogP contribution in [-0.4, -0.2) is 42.3 Å². The average Bonchev–Trinajstić information content (AvgIpc) is 2.50. The first kappa shape index (κ1) is 18.4. The Morgan fingerprint density at radius 2 is 1.79 bits per heavy atom. The molecule has 1 amide bonds. The number of nitrogens with one attached hydrogen (secondary N) is 1. The van der Waals surface area contributed by atoms with Crippen molar-refractivity contribution in [1.29, 1.82) is 0 Å². The lowest BCUT2D eigenvalue weighted by Crippen LogP contribution is -2.68. The topological polar surface area (TPSA) is 50.8 Å². The van der Waals surface area contributed by atoms with Gasteiger partial charge in [-0.1, -0.05) is 19.1 Å². The quantitative estimate of drug-likeness (QED) is 0.834. The normalized spacial score (nSPS) is 27.0. The van der Waals surface area contributed by atoms with E-state index in [2.05, 4.69) is 5.32 Å². The third-order valence-corrected chi connectivity index (χ3v) is 3.77. The van der Waals surface area contributed by atoms with Crippen LogP contribution >= 0.6 is 0 Å². The molecule has 0 radical (unpaired) electrons. The molecular formula is C17H24F2N2O3. The highest BCUT2D eigenvalue weighted by atomic mass is 19.2. The van der Waals surface area contributed by atoms with Crippen molar-refractivity contribution in [3.63, 3.8) is 0 Å². The van der Waals surface area contributed by atoms with Gasteiger partial charge < -0.3 is 14.8 Å². The van der Waals surface area contributed by atoms with Gasteiger partial charge in [-0.2, -0.15) is 0 Å². The average molecular weight is 342 g/mol. The molecule has 2 unspecified atom stereocenters. The van der Waals surface area contributed by atoms with Crippen molar-refractivity contribution in [2.45, 2.75) is 45.4 Å². The summed E-state index contributed by atoms with van der Waals surface area (Å²) in [5, 5.41) is 2.63. The molecule has 24 heavy (non-hydrogen) atoms. The lowest BCUT2D eigenvalue weighted by atomic mass is 10.1. The molecule has 1 heterocycles. The molecule has 1 N–H and O–H groups in total. The summed E-state index contributed by atoms with van der Waals surface area (Å²) in [7, 11) is 0. The molecule has 7 heteroatoms. The first-order valence-corrected chi connectivity index (χ1v) is 8.03. The number of carbonyl (C=O) groups is 1. The second-order valence-corrected chi connectivity index (χ2v) is 6.27. The molecule has 0 aromatic heterocycles. The molecule has 5 nitrogen and oxygen atoms in total. The largest absolute Gasteiger partial charge is 0.494 e. The number of rotatable bonds is 5. The third-order valence-electron chi connectivity index (χ3n) is 3.77. The molecule has 134 valence electrons. The van der Waals surface area contributed by atoms with Crippen LogP contribution in [0.1, 0.15) is 32.8 Å². The second kappa shape index (κ2) is 7.34. The summed E-state index contributed by atoms with van der Waals surface area (Å²) in [4.78, 5) is 12.7. The van der Waals surface area contributed by atoms with Gasteiger partial charge in [0, 0.05) is 13.1 Å². The fraction of sp³-hybridized carbons (Fsp3) is 0.588. The van der Waals surface area contributed by atoms with Gasteiger partial charge in [-0.25, -0.2) is 18.5 Å². The SMILES string of the molecule is CCCOc1ccc(COC(=O)N2C(C)(F)CNCC2(C)F)cc1. The third kappa shape index (κ3) is 4.35. The zero-order chi connectivity index (χ0) is 17.8. The summed E-state index contributed by atoms with van der Waals surface area (Å²) in [6.07, 6.45) is -0.105. The van der Waals surface area contributed by atoms with Crippen LogP contribution in [0.3, 0.4) is 0 Å². The van der Waals surface area contributed by atoms with Crippen molar-refractivity contribution >= 4 is 6.09 Å². The van der Waals surface area contributed by atoms with E-state index in [1.165, 1.54) is 0 Å². The predicted molar refractivity (Wildman–Crippen MR) is 86.1 cm³/mol. The van der Waals surface area contributed by atoms with Crippen molar-refractivity contribution < 1.29 is 23.0 Å². The maximum atomic E-state index is 14.5. The van der Waals surface area contributed by atoms with E-state index in [-0.39, 0.29) is 19.7 Å². The van der Waals surface area contributed by atoms with Crippen molar-refractivity contribution in [3.05, 3.63) is 29.8 Å². The van der Waals surface area contributed by atoms with Gasteiger partial charge in [0.15, 0.2) is 11.6 Å². The van der Waals surface area contributed by atoms with Crippen LogP contribution in [-0.2, 0) is 11.3 Å². The van der Waals surface area contributed by atoms with Gasteiger partial charge in [-0.3, -0.25) is 0 Å². The molecule has 1 aliphatic rings. The van der Waals surface area contributed by atoms with E-state index in [1.54, 1.807) is 24.3 Å². The van der Waals surface area contributed by atoms with Gasteiger partial charge >= 0.3 is 6.09 Å². The van der Waals surface area contributed by atoms with Gasteiger partial charge in [0.25, 0.3) is 0 Å². The van der Waals surface area contributed by atoms with E-state index in [1.807, 2.05) is 6.92 Å². The van der Waals surface area contributed by atoms with Crippen LogP contribution in [0, 0.1) is 0 Å².